The van der Waals surface area contributed by atoms with Crippen molar-refractivity contribution in [2.75, 3.05) is 32.8 Å². The van der Waals surface area contributed by atoms with Gasteiger partial charge in [0, 0.05) is 30.6 Å². The Morgan fingerprint density at radius 3 is 2.03 bits per heavy atom. The summed E-state index contributed by atoms with van der Waals surface area (Å²) >= 11 is 0. The zero-order valence-electron chi connectivity index (χ0n) is 41.9. The lowest BCUT2D eigenvalue weighted by Crippen LogP contribution is -2.39. The molecule has 73 heavy (non-hydrogen) atoms. The van der Waals surface area contributed by atoms with Gasteiger partial charge in [0.15, 0.2) is 17.0 Å². The number of fused-ring (bicyclic) bond motifs is 1. The third-order valence-corrected chi connectivity index (χ3v) is 14.7. The van der Waals surface area contributed by atoms with Crippen molar-refractivity contribution >= 4 is 37.3 Å². The second kappa shape index (κ2) is 24.6. The Bertz CT molecular complexity index is 2880. The lowest BCUT2D eigenvalue weighted by atomic mass is 9.80. The third kappa shape index (κ3) is 12.4. The van der Waals surface area contributed by atoms with E-state index in [1.54, 1.807) is 44.8 Å². The molecule has 0 radical (unpaired) electrons. The van der Waals surface area contributed by atoms with Gasteiger partial charge in [-0.25, -0.2) is 19.6 Å². The number of nitriles is 1. The quantitative estimate of drug-likeness (QED) is 0.0351. The molecule has 2 amide bonds. The first-order chi connectivity index (χ1) is 35.5. The summed E-state index contributed by atoms with van der Waals surface area (Å²) in [6, 6.07) is 44.6. The predicted octanol–water partition coefficient (Wildman–Crippen LogP) is 9.91. The van der Waals surface area contributed by atoms with Gasteiger partial charge in [0.2, 0.25) is 5.91 Å². The molecule has 8 rings (SSSR count). The van der Waals surface area contributed by atoms with E-state index in [1.807, 2.05) is 114 Å². The number of amides is 2. The van der Waals surface area contributed by atoms with E-state index in [9.17, 15) is 14.9 Å². The molecule has 5 aromatic carbocycles. The molecule has 378 valence electrons. The molecule has 0 saturated carbocycles. The normalized spacial score (nSPS) is 16.1. The van der Waals surface area contributed by atoms with Crippen LogP contribution in [0.4, 0.5) is 5.82 Å². The van der Waals surface area contributed by atoms with Gasteiger partial charge < -0.3 is 38.6 Å². The standard InChI is InChI=1S/C56H61N8O8P/c1-38(2)64(39(3)4)73(70-31-13-30-57)72-48-33-51(71-49(48)35-69-56(43-16-11-8-12-17-43,44-22-26-46(67-5)27-23-44)45-24-28-47(68-6)29-25-45)63-37-61-52-53(59-36-60-54(52)63)62-55(66)42-20-18-41(19-21-42)34-58-50(65)32-40-14-9-7-10-15-40/h7-12,14-29,36-39,48-49,51H,13,31-35H2,1-6H3,(H,58,65)(H,59,60,62,66)/t48-,49-,51?,73?/m1/s1. The minimum atomic E-state index is -1.70. The van der Waals surface area contributed by atoms with Gasteiger partial charge in [0.25, 0.3) is 14.4 Å². The first kappa shape index (κ1) is 52.2. The zero-order valence-corrected chi connectivity index (χ0v) is 42.8. The molecule has 4 atom stereocenters. The van der Waals surface area contributed by atoms with Crippen LogP contribution < -0.4 is 20.1 Å². The number of methoxy groups -OCH3 is 2. The van der Waals surface area contributed by atoms with Gasteiger partial charge in [-0.05, 0) is 91.9 Å². The van der Waals surface area contributed by atoms with Crippen molar-refractivity contribution in [3.8, 4) is 17.6 Å². The Hall–Kier alpha value is -7.09. The van der Waals surface area contributed by atoms with E-state index in [-0.39, 0.29) is 49.9 Å². The Labute approximate surface area is 427 Å². The second-order valence-corrected chi connectivity index (χ2v) is 19.4. The average Bonchev–Trinajstić information content (AvgIpc) is 4.03. The Morgan fingerprint density at radius 2 is 1.42 bits per heavy atom. The van der Waals surface area contributed by atoms with Crippen LogP contribution in [-0.2, 0) is 41.9 Å². The second-order valence-electron chi connectivity index (χ2n) is 18.0. The number of aromatic nitrogens is 4. The molecule has 16 nitrogen and oxygen atoms in total. The molecule has 0 aliphatic carbocycles. The number of hydrogen-bond acceptors (Lipinski definition) is 13. The molecule has 1 saturated heterocycles. The zero-order chi connectivity index (χ0) is 51.3. The number of carbonyl (C=O) groups is 2. The van der Waals surface area contributed by atoms with Crippen molar-refractivity contribution in [3.05, 3.63) is 179 Å². The van der Waals surface area contributed by atoms with Crippen LogP contribution in [0.15, 0.2) is 146 Å². The molecular weight excluding hydrogens is 944 g/mol. The van der Waals surface area contributed by atoms with Crippen molar-refractivity contribution < 1.29 is 37.6 Å². The molecule has 2 unspecified atom stereocenters. The molecule has 0 bridgehead atoms. The fraction of sp³-hybridized carbons (Fsp3) is 0.321. The summed E-state index contributed by atoms with van der Waals surface area (Å²) in [5, 5.41) is 15.4. The van der Waals surface area contributed by atoms with Crippen molar-refractivity contribution in [2.24, 2.45) is 0 Å². The number of hydrogen-bond donors (Lipinski definition) is 2. The van der Waals surface area contributed by atoms with E-state index in [0.29, 0.717) is 41.2 Å². The maximum atomic E-state index is 13.7. The van der Waals surface area contributed by atoms with E-state index in [1.165, 1.54) is 6.33 Å². The van der Waals surface area contributed by atoms with Crippen molar-refractivity contribution in [1.29, 1.82) is 5.26 Å². The van der Waals surface area contributed by atoms with Gasteiger partial charge >= 0.3 is 0 Å². The number of nitrogens with zero attached hydrogens (tertiary/aromatic N) is 6. The number of carbonyl (C=O) groups excluding carboxylic acids is 2. The summed E-state index contributed by atoms with van der Waals surface area (Å²) in [6.07, 6.45) is 1.92. The highest BCUT2D eigenvalue weighted by Gasteiger charge is 2.45. The van der Waals surface area contributed by atoms with Gasteiger partial charge in [-0.15, -0.1) is 0 Å². The first-order valence-corrected chi connectivity index (χ1v) is 25.4. The molecule has 1 aliphatic rings. The van der Waals surface area contributed by atoms with Gasteiger partial charge in [-0.3, -0.25) is 14.2 Å². The number of anilines is 1. The molecule has 7 aromatic rings. The molecule has 17 heteroatoms. The van der Waals surface area contributed by atoms with Crippen molar-refractivity contribution in [3.63, 3.8) is 0 Å². The number of rotatable bonds is 23. The van der Waals surface area contributed by atoms with Crippen LogP contribution in [0.25, 0.3) is 11.2 Å². The fourth-order valence-corrected chi connectivity index (χ4v) is 10.7. The SMILES string of the molecule is COc1ccc(C(OC[C@H]2OC(n3cnc4c(NC(=O)c5ccc(CNC(=O)Cc6ccccc6)cc5)ncnc43)C[C@H]2OP(OCCC#N)N(C(C)C)C(C)C)(c2ccccc2)c2ccc(OC)cc2)cc1. The van der Waals surface area contributed by atoms with Crippen LogP contribution in [0.3, 0.4) is 0 Å². The van der Waals surface area contributed by atoms with Gasteiger partial charge in [0.05, 0.1) is 58.8 Å². The van der Waals surface area contributed by atoms with Crippen LogP contribution in [0, 0.1) is 11.3 Å². The highest BCUT2D eigenvalue weighted by Crippen LogP contribution is 2.51. The Balaban J connectivity index is 1.08. The summed E-state index contributed by atoms with van der Waals surface area (Å²) < 4.78 is 43.2. The van der Waals surface area contributed by atoms with Crippen LogP contribution in [0.2, 0.25) is 0 Å². The maximum absolute atomic E-state index is 13.7. The first-order valence-electron chi connectivity index (χ1n) is 24.3. The molecule has 3 heterocycles. The summed E-state index contributed by atoms with van der Waals surface area (Å²) in [7, 11) is 1.58. The highest BCUT2D eigenvalue weighted by atomic mass is 31.2. The Kier molecular flexibility index (Phi) is 17.6. The van der Waals surface area contributed by atoms with Crippen LogP contribution in [-0.4, -0.2) is 87.7 Å². The lowest BCUT2D eigenvalue weighted by molar-refractivity contribution is -0.120. The molecular formula is C56H61N8O8P. The van der Waals surface area contributed by atoms with Gasteiger partial charge in [-0.2, -0.15) is 5.26 Å². The lowest BCUT2D eigenvalue weighted by Gasteiger charge is -2.39. The summed E-state index contributed by atoms with van der Waals surface area (Å²) in [5.41, 5.74) is 4.42. The smallest absolute Gasteiger partial charge is 0.259 e. The molecule has 2 N–H and O–H groups in total. The van der Waals surface area contributed by atoms with E-state index >= 15 is 0 Å². The van der Waals surface area contributed by atoms with Crippen LogP contribution in [0.1, 0.15) is 84.9 Å². The van der Waals surface area contributed by atoms with E-state index in [0.717, 1.165) is 27.8 Å². The maximum Gasteiger partial charge on any atom is 0.259 e. The van der Waals surface area contributed by atoms with E-state index in [4.69, 9.17) is 33.0 Å². The summed E-state index contributed by atoms with van der Waals surface area (Å²) in [5.74, 6) is 1.14. The topological polar surface area (TPSA) is 184 Å². The minimum Gasteiger partial charge on any atom is -0.497 e. The van der Waals surface area contributed by atoms with Gasteiger partial charge in [-0.1, -0.05) is 97.1 Å². The Morgan fingerprint density at radius 1 is 0.808 bits per heavy atom. The number of nitrogens with one attached hydrogen (secondary N) is 2. The highest BCUT2D eigenvalue weighted by molar-refractivity contribution is 7.44. The average molecular weight is 1010 g/mol. The molecule has 1 fully saturated rings. The number of benzene rings is 5. The van der Waals surface area contributed by atoms with Crippen LogP contribution >= 0.6 is 8.53 Å². The summed E-state index contributed by atoms with van der Waals surface area (Å²) in [4.78, 5) is 40.0. The monoisotopic (exact) mass is 1000 g/mol. The minimum absolute atomic E-state index is 0.0515. The fourth-order valence-electron chi connectivity index (χ4n) is 8.98. The number of ether oxygens (including phenoxy) is 4. The molecule has 2 aromatic heterocycles. The van der Waals surface area contributed by atoms with Crippen molar-refractivity contribution in [2.45, 2.75) is 89.6 Å². The van der Waals surface area contributed by atoms with Crippen molar-refractivity contribution in [1.82, 2.24) is 29.5 Å². The van der Waals surface area contributed by atoms with E-state index in [2.05, 4.69) is 59.0 Å². The molecule has 0 spiro atoms. The van der Waals surface area contributed by atoms with Crippen LogP contribution in [0.5, 0.6) is 11.5 Å². The third-order valence-electron chi connectivity index (χ3n) is 12.5. The largest absolute Gasteiger partial charge is 0.497 e. The van der Waals surface area contributed by atoms with E-state index < -0.39 is 38.5 Å². The van der Waals surface area contributed by atoms with Gasteiger partial charge in [0.1, 0.15) is 35.8 Å². The number of imidazole rings is 1. The summed E-state index contributed by atoms with van der Waals surface area (Å²) in [6.45, 7) is 8.95. The predicted molar refractivity (Wildman–Crippen MR) is 279 cm³/mol. The molecule has 1 aliphatic heterocycles.